The zero-order valence-corrected chi connectivity index (χ0v) is 16.2. The van der Waals surface area contributed by atoms with Crippen LogP contribution in [0.25, 0.3) is 0 Å². The number of aryl methyl sites for hydroxylation is 1. The van der Waals surface area contributed by atoms with Gasteiger partial charge in [-0.3, -0.25) is 14.6 Å². The molecule has 4 rings (SSSR count). The van der Waals surface area contributed by atoms with Gasteiger partial charge >= 0.3 is 6.18 Å². The Morgan fingerprint density at radius 2 is 1.86 bits per heavy atom. The van der Waals surface area contributed by atoms with Crippen molar-refractivity contribution in [3.8, 4) is 0 Å². The van der Waals surface area contributed by atoms with Gasteiger partial charge in [0.2, 0.25) is 0 Å². The van der Waals surface area contributed by atoms with Crippen LogP contribution in [-0.2, 0) is 26.2 Å². The number of likely N-dealkylation sites (tertiary alicyclic amines) is 1. The number of rotatable bonds is 5. The quantitative estimate of drug-likeness (QED) is 0.619. The molecule has 29 heavy (non-hydrogen) atoms. The summed E-state index contributed by atoms with van der Waals surface area (Å²) < 4.78 is 40.0. The summed E-state index contributed by atoms with van der Waals surface area (Å²) >= 11 is 0. The molecule has 1 aliphatic rings. The van der Waals surface area contributed by atoms with E-state index in [0.717, 1.165) is 55.0 Å². The molecule has 0 N–H and O–H groups in total. The fourth-order valence-corrected chi connectivity index (χ4v) is 3.94. The van der Waals surface area contributed by atoms with Crippen LogP contribution in [0.2, 0.25) is 0 Å². The Morgan fingerprint density at radius 3 is 2.55 bits per heavy atom. The second-order valence-corrected chi connectivity index (χ2v) is 7.58. The number of benzene rings is 1. The summed E-state index contributed by atoms with van der Waals surface area (Å²) in [5, 5.41) is 4.24. The van der Waals surface area contributed by atoms with Crippen LogP contribution in [0.5, 0.6) is 0 Å². The number of aromatic nitrogens is 3. The summed E-state index contributed by atoms with van der Waals surface area (Å²) in [6.45, 7) is 1.85. The Morgan fingerprint density at radius 1 is 1.07 bits per heavy atom. The van der Waals surface area contributed by atoms with E-state index in [1.54, 1.807) is 0 Å². The van der Waals surface area contributed by atoms with E-state index in [1.807, 2.05) is 42.3 Å². The van der Waals surface area contributed by atoms with Crippen molar-refractivity contribution >= 4 is 0 Å². The van der Waals surface area contributed by atoms with E-state index in [-0.39, 0.29) is 6.04 Å². The molecule has 0 unspecified atom stereocenters. The number of alkyl halides is 3. The highest BCUT2D eigenvalue weighted by Gasteiger charge is 2.30. The van der Waals surface area contributed by atoms with Gasteiger partial charge < -0.3 is 0 Å². The average molecular weight is 400 g/mol. The van der Waals surface area contributed by atoms with E-state index in [1.165, 1.54) is 17.7 Å². The van der Waals surface area contributed by atoms with Gasteiger partial charge in [0.05, 0.1) is 23.5 Å². The monoisotopic (exact) mass is 400 g/mol. The van der Waals surface area contributed by atoms with E-state index >= 15 is 0 Å². The van der Waals surface area contributed by atoms with E-state index in [4.69, 9.17) is 4.98 Å². The van der Waals surface area contributed by atoms with Gasteiger partial charge in [0, 0.05) is 37.5 Å². The second-order valence-electron chi connectivity index (χ2n) is 7.58. The summed E-state index contributed by atoms with van der Waals surface area (Å²) in [6.07, 6.45) is 2.30. The number of pyridine rings is 1. The summed E-state index contributed by atoms with van der Waals surface area (Å²) in [5.41, 5.74) is 3.27. The molecule has 0 bridgehead atoms. The fraction of sp³-hybridized carbons (Fsp3) is 0.364. The minimum Gasteiger partial charge on any atom is -0.290 e. The normalized spacial score (nSPS) is 17.7. The predicted octanol–water partition coefficient (Wildman–Crippen LogP) is 4.76. The van der Waals surface area contributed by atoms with Crippen LogP contribution in [-0.4, -0.2) is 26.2 Å². The highest BCUT2D eigenvalue weighted by atomic mass is 19.4. The van der Waals surface area contributed by atoms with Crippen LogP contribution >= 0.6 is 0 Å². The maximum Gasteiger partial charge on any atom is 0.416 e. The summed E-state index contributed by atoms with van der Waals surface area (Å²) in [4.78, 5) is 7.25. The molecule has 0 radical (unpaired) electrons. The van der Waals surface area contributed by atoms with Crippen molar-refractivity contribution in [2.75, 3.05) is 6.54 Å². The molecule has 1 aliphatic heterocycles. The summed E-state index contributed by atoms with van der Waals surface area (Å²) in [5.74, 6) is 0. The van der Waals surface area contributed by atoms with Gasteiger partial charge in [-0.2, -0.15) is 18.3 Å². The molecule has 2 aromatic heterocycles. The molecule has 1 aromatic carbocycles. The van der Waals surface area contributed by atoms with Crippen molar-refractivity contribution in [3.05, 3.63) is 82.9 Å². The first-order chi connectivity index (χ1) is 13.9. The third kappa shape index (κ3) is 4.67. The molecule has 0 amide bonds. The highest BCUT2D eigenvalue weighted by Crippen LogP contribution is 2.32. The van der Waals surface area contributed by atoms with Gasteiger partial charge in [-0.05, 0) is 49.2 Å². The minimum atomic E-state index is -4.31. The summed E-state index contributed by atoms with van der Waals surface area (Å²) in [6, 6.07) is 11.5. The Labute approximate surface area is 168 Å². The van der Waals surface area contributed by atoms with Crippen LogP contribution in [0.3, 0.4) is 0 Å². The lowest BCUT2D eigenvalue weighted by molar-refractivity contribution is -0.137. The van der Waals surface area contributed by atoms with Gasteiger partial charge in [0.15, 0.2) is 0 Å². The average Bonchev–Trinajstić information content (AvgIpc) is 3.31. The first-order valence-electron chi connectivity index (χ1n) is 9.72. The number of halogens is 3. The Balaban J connectivity index is 1.48. The van der Waals surface area contributed by atoms with E-state index in [9.17, 15) is 13.2 Å². The first kappa shape index (κ1) is 19.6. The van der Waals surface area contributed by atoms with Crippen molar-refractivity contribution in [3.63, 3.8) is 0 Å². The topological polar surface area (TPSA) is 34.0 Å². The van der Waals surface area contributed by atoms with Crippen molar-refractivity contribution in [2.24, 2.45) is 7.05 Å². The third-order valence-corrected chi connectivity index (χ3v) is 5.34. The van der Waals surface area contributed by atoms with Crippen LogP contribution in [0.1, 0.15) is 47.0 Å². The van der Waals surface area contributed by atoms with Crippen molar-refractivity contribution in [2.45, 2.75) is 38.0 Å². The third-order valence-electron chi connectivity index (χ3n) is 5.34. The molecular weight excluding hydrogens is 377 g/mol. The molecule has 3 heterocycles. The van der Waals surface area contributed by atoms with Gasteiger partial charge in [0.25, 0.3) is 0 Å². The lowest BCUT2D eigenvalue weighted by Crippen LogP contribution is -2.23. The molecule has 152 valence electrons. The Bertz CT molecular complexity index is 963. The van der Waals surface area contributed by atoms with Gasteiger partial charge in [-0.25, -0.2) is 0 Å². The molecule has 1 atom stereocenters. The van der Waals surface area contributed by atoms with E-state index < -0.39 is 11.7 Å². The van der Waals surface area contributed by atoms with Gasteiger partial charge in [0.1, 0.15) is 0 Å². The lowest BCUT2D eigenvalue weighted by atomic mass is 10.1. The molecule has 1 saturated heterocycles. The van der Waals surface area contributed by atoms with Crippen molar-refractivity contribution in [1.82, 2.24) is 19.7 Å². The predicted molar refractivity (Wildman–Crippen MR) is 104 cm³/mol. The van der Waals surface area contributed by atoms with Crippen LogP contribution < -0.4 is 0 Å². The van der Waals surface area contributed by atoms with Crippen LogP contribution in [0.15, 0.2) is 54.9 Å². The van der Waals surface area contributed by atoms with E-state index in [2.05, 4.69) is 10.00 Å². The van der Waals surface area contributed by atoms with Gasteiger partial charge in [-0.15, -0.1) is 0 Å². The molecule has 0 spiro atoms. The number of hydrogen-bond donors (Lipinski definition) is 0. The maximum atomic E-state index is 12.7. The smallest absolute Gasteiger partial charge is 0.290 e. The fourth-order valence-electron chi connectivity index (χ4n) is 3.94. The Hall–Kier alpha value is -2.67. The standard InChI is InChI=1S/C22H23F3N4/c1-28-14-17(13-26-28)15-29-11-3-6-21(29)20-5-2-4-19(27-20)12-16-7-9-18(10-8-16)22(23,24)25/h2,4-5,7-10,13-14,21H,3,6,11-12,15H2,1H3/t21-/m0/s1. The largest absolute Gasteiger partial charge is 0.416 e. The van der Waals surface area contributed by atoms with Crippen molar-refractivity contribution in [1.29, 1.82) is 0 Å². The number of nitrogens with zero attached hydrogens (tertiary/aromatic N) is 4. The second kappa shape index (κ2) is 7.99. The van der Waals surface area contributed by atoms with E-state index in [0.29, 0.717) is 6.42 Å². The number of hydrogen-bond acceptors (Lipinski definition) is 3. The molecule has 7 heteroatoms. The first-order valence-corrected chi connectivity index (χ1v) is 9.72. The van der Waals surface area contributed by atoms with Crippen molar-refractivity contribution < 1.29 is 13.2 Å². The SMILES string of the molecule is Cn1cc(CN2CCC[C@H]2c2cccc(Cc3ccc(C(F)(F)F)cc3)n2)cn1. The molecule has 3 aromatic rings. The Kier molecular flexibility index (Phi) is 5.41. The van der Waals surface area contributed by atoms with Gasteiger partial charge in [-0.1, -0.05) is 18.2 Å². The highest BCUT2D eigenvalue weighted by molar-refractivity contribution is 5.28. The zero-order chi connectivity index (χ0) is 20.4. The summed E-state index contributed by atoms with van der Waals surface area (Å²) in [7, 11) is 1.91. The van der Waals surface area contributed by atoms with Crippen LogP contribution in [0, 0.1) is 0 Å². The molecular formula is C22H23F3N4. The molecule has 4 nitrogen and oxygen atoms in total. The van der Waals surface area contributed by atoms with Crippen LogP contribution in [0.4, 0.5) is 13.2 Å². The lowest BCUT2D eigenvalue weighted by Gasteiger charge is -2.23. The molecule has 0 saturated carbocycles. The molecule has 0 aliphatic carbocycles. The zero-order valence-electron chi connectivity index (χ0n) is 16.2. The minimum absolute atomic E-state index is 0.253. The molecule has 1 fully saturated rings. The maximum absolute atomic E-state index is 12.7.